The third kappa shape index (κ3) is 3.92. The van der Waals surface area contributed by atoms with E-state index in [1.807, 2.05) is 59.5 Å². The van der Waals surface area contributed by atoms with E-state index in [4.69, 9.17) is 4.74 Å². The minimum Gasteiger partial charge on any atom is -0.488 e. The van der Waals surface area contributed by atoms with Crippen molar-refractivity contribution in [3.63, 3.8) is 0 Å². The van der Waals surface area contributed by atoms with E-state index in [0.29, 0.717) is 24.5 Å². The second-order valence-corrected chi connectivity index (χ2v) is 6.98. The third-order valence-electron chi connectivity index (χ3n) is 4.93. The smallest absolute Gasteiger partial charge is 0.258 e. The Morgan fingerprint density at radius 1 is 0.966 bits per heavy atom. The fourth-order valence-electron chi connectivity index (χ4n) is 3.52. The standard InChI is InChI=1S/C25H22FNO2/c1-2-15-27-23-9-5-4-8-21(23)22(25(27)28)16-19-7-3-6-10-24(19)29-17-18-11-13-20(26)14-12-18/h3-14,16H,2,15,17H2,1H3/b22-16-. The van der Waals surface area contributed by atoms with E-state index in [1.165, 1.54) is 12.1 Å². The van der Waals surface area contributed by atoms with E-state index in [9.17, 15) is 9.18 Å². The highest BCUT2D eigenvalue weighted by Gasteiger charge is 2.31. The van der Waals surface area contributed by atoms with Crippen LogP contribution < -0.4 is 9.64 Å². The molecule has 0 bridgehead atoms. The fraction of sp³-hybridized carbons (Fsp3) is 0.160. The van der Waals surface area contributed by atoms with Gasteiger partial charge < -0.3 is 9.64 Å². The number of carbonyl (C=O) groups is 1. The Kier molecular flexibility index (Phi) is 5.43. The van der Waals surface area contributed by atoms with Crippen molar-refractivity contribution in [2.75, 3.05) is 11.4 Å². The van der Waals surface area contributed by atoms with Gasteiger partial charge in [-0.1, -0.05) is 55.5 Å². The predicted molar refractivity (Wildman–Crippen MR) is 114 cm³/mol. The summed E-state index contributed by atoms with van der Waals surface area (Å²) in [4.78, 5) is 14.9. The van der Waals surface area contributed by atoms with Crippen LogP contribution in [0.3, 0.4) is 0 Å². The minimum absolute atomic E-state index is 0.0152. The van der Waals surface area contributed by atoms with Crippen molar-refractivity contribution in [1.29, 1.82) is 0 Å². The highest BCUT2D eigenvalue weighted by atomic mass is 19.1. The molecule has 29 heavy (non-hydrogen) atoms. The van der Waals surface area contributed by atoms with Crippen molar-refractivity contribution in [3.8, 4) is 5.75 Å². The molecule has 4 rings (SSSR count). The van der Waals surface area contributed by atoms with Crippen LogP contribution in [0.4, 0.5) is 10.1 Å². The second-order valence-electron chi connectivity index (χ2n) is 6.98. The molecule has 1 amide bonds. The van der Waals surface area contributed by atoms with Crippen LogP contribution in [-0.2, 0) is 11.4 Å². The molecule has 0 aliphatic carbocycles. The third-order valence-corrected chi connectivity index (χ3v) is 4.93. The van der Waals surface area contributed by atoms with Crippen molar-refractivity contribution in [2.45, 2.75) is 20.0 Å². The summed E-state index contributed by atoms with van der Waals surface area (Å²) in [5, 5.41) is 0. The van der Waals surface area contributed by atoms with E-state index >= 15 is 0 Å². The number of rotatable bonds is 6. The number of anilines is 1. The second kappa shape index (κ2) is 8.31. The van der Waals surface area contributed by atoms with Crippen molar-refractivity contribution >= 4 is 23.2 Å². The van der Waals surface area contributed by atoms with Gasteiger partial charge in [0.1, 0.15) is 18.2 Å². The molecule has 0 saturated carbocycles. The number of halogens is 1. The van der Waals surface area contributed by atoms with Crippen LogP contribution in [0, 0.1) is 5.82 Å². The Bertz CT molecular complexity index is 1060. The van der Waals surface area contributed by atoms with Crippen LogP contribution in [0.2, 0.25) is 0 Å². The molecule has 4 heteroatoms. The monoisotopic (exact) mass is 387 g/mol. The molecular weight excluding hydrogens is 365 g/mol. The van der Waals surface area contributed by atoms with Crippen LogP contribution in [0.5, 0.6) is 5.75 Å². The first kappa shape index (κ1) is 18.9. The van der Waals surface area contributed by atoms with Gasteiger partial charge in [-0.3, -0.25) is 4.79 Å². The Labute approximate surface area is 170 Å². The van der Waals surface area contributed by atoms with E-state index < -0.39 is 0 Å². The van der Waals surface area contributed by atoms with Crippen LogP contribution in [0.25, 0.3) is 11.6 Å². The lowest BCUT2D eigenvalue weighted by Crippen LogP contribution is -2.26. The summed E-state index contributed by atoms with van der Waals surface area (Å²) in [7, 11) is 0. The van der Waals surface area contributed by atoms with Gasteiger partial charge in [-0.15, -0.1) is 0 Å². The van der Waals surface area contributed by atoms with Crippen LogP contribution >= 0.6 is 0 Å². The molecule has 3 nitrogen and oxygen atoms in total. The summed E-state index contributed by atoms with van der Waals surface area (Å²) in [5.74, 6) is 0.430. The van der Waals surface area contributed by atoms with Crippen LogP contribution in [-0.4, -0.2) is 12.5 Å². The van der Waals surface area contributed by atoms with Gasteiger partial charge >= 0.3 is 0 Å². The maximum atomic E-state index is 13.1. The lowest BCUT2D eigenvalue weighted by molar-refractivity contribution is -0.113. The Hall–Kier alpha value is -3.40. The molecule has 146 valence electrons. The summed E-state index contributed by atoms with van der Waals surface area (Å²) >= 11 is 0. The normalized spacial score (nSPS) is 14.3. The predicted octanol–water partition coefficient (Wildman–Crippen LogP) is 5.70. The summed E-state index contributed by atoms with van der Waals surface area (Å²) in [6, 6.07) is 21.8. The highest BCUT2D eigenvalue weighted by Crippen LogP contribution is 2.38. The summed E-state index contributed by atoms with van der Waals surface area (Å²) in [5.41, 5.74) is 4.29. The number of amides is 1. The number of ether oxygens (including phenoxy) is 1. The zero-order valence-electron chi connectivity index (χ0n) is 16.3. The maximum Gasteiger partial charge on any atom is 0.258 e. The van der Waals surface area contributed by atoms with Crippen molar-refractivity contribution in [3.05, 3.63) is 95.3 Å². The average molecular weight is 387 g/mol. The quantitative estimate of drug-likeness (QED) is 0.508. The molecule has 0 fully saturated rings. The lowest BCUT2D eigenvalue weighted by Gasteiger charge is -2.15. The fourth-order valence-corrected chi connectivity index (χ4v) is 3.52. The molecule has 1 aliphatic rings. The molecule has 0 atom stereocenters. The van der Waals surface area contributed by atoms with Gasteiger partial charge in [0.15, 0.2) is 0 Å². The number of carbonyl (C=O) groups excluding carboxylic acids is 1. The zero-order valence-corrected chi connectivity index (χ0v) is 16.3. The van der Waals surface area contributed by atoms with Gasteiger partial charge in [-0.05, 0) is 42.3 Å². The number of hydrogen-bond donors (Lipinski definition) is 0. The van der Waals surface area contributed by atoms with E-state index in [0.717, 1.165) is 28.8 Å². The molecule has 0 aromatic heterocycles. The maximum absolute atomic E-state index is 13.1. The number of nitrogens with zero attached hydrogens (tertiary/aromatic N) is 1. The summed E-state index contributed by atoms with van der Waals surface area (Å²) in [6.07, 6.45) is 2.79. The first-order valence-electron chi connectivity index (χ1n) is 9.76. The number of para-hydroxylation sites is 2. The van der Waals surface area contributed by atoms with Gasteiger partial charge in [0.05, 0.1) is 5.69 Å². The topological polar surface area (TPSA) is 29.5 Å². The van der Waals surface area contributed by atoms with Crippen LogP contribution in [0.1, 0.15) is 30.0 Å². The molecule has 0 radical (unpaired) electrons. The number of benzene rings is 3. The molecule has 0 spiro atoms. The molecule has 0 unspecified atom stereocenters. The van der Waals surface area contributed by atoms with Crippen molar-refractivity contribution in [1.82, 2.24) is 0 Å². The largest absolute Gasteiger partial charge is 0.488 e. The lowest BCUT2D eigenvalue weighted by atomic mass is 10.0. The molecule has 1 heterocycles. The summed E-state index contributed by atoms with van der Waals surface area (Å²) in [6.45, 7) is 3.08. The SMILES string of the molecule is CCCN1C(=O)/C(=C\c2ccccc2OCc2ccc(F)cc2)c2ccccc21. The van der Waals surface area contributed by atoms with Crippen molar-refractivity contribution < 1.29 is 13.9 Å². The van der Waals surface area contributed by atoms with E-state index in [1.54, 1.807) is 12.1 Å². The van der Waals surface area contributed by atoms with E-state index in [2.05, 4.69) is 6.92 Å². The Morgan fingerprint density at radius 3 is 2.48 bits per heavy atom. The van der Waals surface area contributed by atoms with E-state index in [-0.39, 0.29) is 11.7 Å². The molecule has 1 aliphatic heterocycles. The molecule has 3 aromatic carbocycles. The average Bonchev–Trinajstić information content (AvgIpc) is 3.01. The Balaban J connectivity index is 1.64. The van der Waals surface area contributed by atoms with Gasteiger partial charge in [0.25, 0.3) is 5.91 Å². The number of fused-ring (bicyclic) bond motifs is 1. The summed E-state index contributed by atoms with van der Waals surface area (Å²) < 4.78 is 19.1. The number of hydrogen-bond acceptors (Lipinski definition) is 2. The van der Waals surface area contributed by atoms with Gasteiger partial charge in [0.2, 0.25) is 0 Å². The first-order valence-corrected chi connectivity index (χ1v) is 9.76. The Morgan fingerprint density at radius 2 is 1.69 bits per heavy atom. The highest BCUT2D eigenvalue weighted by molar-refractivity contribution is 6.35. The first-order chi connectivity index (χ1) is 14.2. The molecular formula is C25H22FNO2. The molecule has 0 saturated heterocycles. The van der Waals surface area contributed by atoms with Gasteiger partial charge in [-0.25, -0.2) is 4.39 Å². The minimum atomic E-state index is -0.270. The van der Waals surface area contributed by atoms with Crippen LogP contribution in [0.15, 0.2) is 72.8 Å². The van der Waals surface area contributed by atoms with Gasteiger partial charge in [-0.2, -0.15) is 0 Å². The molecule has 0 N–H and O–H groups in total. The molecule has 3 aromatic rings. The van der Waals surface area contributed by atoms with Gasteiger partial charge in [0, 0.05) is 23.2 Å². The van der Waals surface area contributed by atoms with Crippen molar-refractivity contribution in [2.24, 2.45) is 0 Å². The zero-order chi connectivity index (χ0) is 20.2.